The zero-order chi connectivity index (χ0) is 17.8. The second-order valence-corrected chi connectivity index (χ2v) is 7.08. The lowest BCUT2D eigenvalue weighted by atomic mass is 9.95. The number of amides is 1. The van der Waals surface area contributed by atoms with Gasteiger partial charge in [0.2, 0.25) is 11.9 Å². The number of hydrogen-bond donors (Lipinski definition) is 0. The molecule has 3 aliphatic heterocycles. The average Bonchev–Trinajstić information content (AvgIpc) is 3.01. The van der Waals surface area contributed by atoms with Crippen LogP contribution in [0, 0.1) is 5.92 Å². The molecule has 1 amide bonds. The third-order valence-corrected chi connectivity index (χ3v) is 5.21. The van der Waals surface area contributed by atoms with Crippen LogP contribution in [0.3, 0.4) is 0 Å². The van der Waals surface area contributed by atoms with E-state index in [-0.39, 0.29) is 18.6 Å². The first kappa shape index (κ1) is 17.0. The summed E-state index contributed by atoms with van der Waals surface area (Å²) < 4.78 is 5.67. The van der Waals surface area contributed by atoms with Gasteiger partial charge in [-0.05, 0) is 30.4 Å². The van der Waals surface area contributed by atoms with Gasteiger partial charge in [-0.3, -0.25) is 4.79 Å². The standard InChI is InChI=1S/C20H24N4O2/c25-19(15-26-14-16-5-2-1-3-6-16)24-12-17-7-8-18(24)13-23(11-17)20-21-9-4-10-22-20/h1-6,9-10,17-18H,7-8,11-15H2. The SMILES string of the molecule is O=C(COCc1ccccc1)N1CC2CCC1CN(c1ncccn1)C2. The molecule has 0 N–H and O–H groups in total. The van der Waals surface area contributed by atoms with Gasteiger partial charge in [-0.1, -0.05) is 30.3 Å². The molecule has 0 aliphatic carbocycles. The topological polar surface area (TPSA) is 58.6 Å². The summed E-state index contributed by atoms with van der Waals surface area (Å²) in [4.78, 5) is 25.7. The number of nitrogens with zero attached hydrogens (tertiary/aromatic N) is 4. The van der Waals surface area contributed by atoms with E-state index in [1.807, 2.05) is 41.3 Å². The van der Waals surface area contributed by atoms with Gasteiger partial charge in [-0.2, -0.15) is 0 Å². The molecule has 2 bridgehead atoms. The van der Waals surface area contributed by atoms with Gasteiger partial charge in [0, 0.05) is 38.1 Å². The quantitative estimate of drug-likeness (QED) is 0.825. The van der Waals surface area contributed by atoms with Crippen LogP contribution in [0.5, 0.6) is 0 Å². The molecule has 0 spiro atoms. The summed E-state index contributed by atoms with van der Waals surface area (Å²) in [6.07, 6.45) is 5.74. The van der Waals surface area contributed by atoms with Crippen LogP contribution < -0.4 is 4.90 Å². The van der Waals surface area contributed by atoms with Crippen LogP contribution in [0.4, 0.5) is 5.95 Å². The molecule has 4 heterocycles. The van der Waals surface area contributed by atoms with Crippen molar-refractivity contribution >= 4 is 11.9 Å². The third kappa shape index (κ3) is 3.85. The number of carbonyl (C=O) groups is 1. The predicted molar refractivity (Wildman–Crippen MR) is 98.6 cm³/mol. The molecule has 3 aliphatic rings. The Morgan fingerprint density at radius 3 is 2.65 bits per heavy atom. The monoisotopic (exact) mass is 352 g/mol. The highest BCUT2D eigenvalue weighted by Gasteiger charge is 2.37. The largest absolute Gasteiger partial charge is 0.367 e. The Hall–Kier alpha value is -2.47. The molecule has 3 saturated heterocycles. The number of anilines is 1. The van der Waals surface area contributed by atoms with Crippen LogP contribution in [0.25, 0.3) is 0 Å². The molecule has 26 heavy (non-hydrogen) atoms. The number of rotatable bonds is 5. The van der Waals surface area contributed by atoms with Gasteiger partial charge in [-0.25, -0.2) is 9.97 Å². The smallest absolute Gasteiger partial charge is 0.248 e. The Labute approximate surface area is 153 Å². The average molecular weight is 352 g/mol. The third-order valence-electron chi connectivity index (χ3n) is 5.21. The summed E-state index contributed by atoms with van der Waals surface area (Å²) in [6, 6.07) is 12.0. The predicted octanol–water partition coefficient (Wildman–Crippen LogP) is 2.12. The van der Waals surface area contributed by atoms with E-state index in [0.717, 1.165) is 44.0 Å². The maximum absolute atomic E-state index is 12.7. The Morgan fingerprint density at radius 1 is 1.04 bits per heavy atom. The number of aromatic nitrogens is 2. The Balaban J connectivity index is 1.36. The first-order valence-electron chi connectivity index (χ1n) is 9.22. The highest BCUT2D eigenvalue weighted by atomic mass is 16.5. The van der Waals surface area contributed by atoms with E-state index in [1.54, 1.807) is 12.4 Å². The van der Waals surface area contributed by atoms with Gasteiger partial charge in [0.05, 0.1) is 6.61 Å². The van der Waals surface area contributed by atoms with Crippen LogP contribution in [0.15, 0.2) is 48.8 Å². The van der Waals surface area contributed by atoms with E-state index in [9.17, 15) is 4.79 Å². The van der Waals surface area contributed by atoms with Crippen molar-refractivity contribution < 1.29 is 9.53 Å². The molecule has 2 atom stereocenters. The van der Waals surface area contributed by atoms with Crippen molar-refractivity contribution in [1.82, 2.24) is 14.9 Å². The summed E-state index contributed by atoms with van der Waals surface area (Å²) in [5.41, 5.74) is 1.09. The van der Waals surface area contributed by atoms with Crippen molar-refractivity contribution in [3.05, 3.63) is 54.4 Å². The van der Waals surface area contributed by atoms with Crippen molar-refractivity contribution in [2.45, 2.75) is 25.5 Å². The summed E-state index contributed by atoms with van der Waals surface area (Å²) in [5.74, 6) is 1.32. The van der Waals surface area contributed by atoms with Gasteiger partial charge in [0.15, 0.2) is 0 Å². The van der Waals surface area contributed by atoms with Gasteiger partial charge in [0.25, 0.3) is 0 Å². The van der Waals surface area contributed by atoms with Crippen molar-refractivity contribution in [2.75, 3.05) is 31.1 Å². The molecule has 2 aromatic rings. The first-order valence-corrected chi connectivity index (χ1v) is 9.22. The molecule has 0 saturated carbocycles. The van der Waals surface area contributed by atoms with Crippen molar-refractivity contribution in [3.8, 4) is 0 Å². The van der Waals surface area contributed by atoms with E-state index in [4.69, 9.17) is 4.74 Å². The molecule has 2 unspecified atom stereocenters. The highest BCUT2D eigenvalue weighted by Crippen LogP contribution is 2.29. The Morgan fingerprint density at radius 2 is 1.85 bits per heavy atom. The number of carbonyl (C=O) groups excluding carboxylic acids is 1. The second-order valence-electron chi connectivity index (χ2n) is 7.08. The molecule has 0 radical (unpaired) electrons. The van der Waals surface area contributed by atoms with Gasteiger partial charge >= 0.3 is 0 Å². The maximum Gasteiger partial charge on any atom is 0.248 e. The van der Waals surface area contributed by atoms with Crippen LogP contribution in [0.1, 0.15) is 18.4 Å². The molecular formula is C20H24N4O2. The number of ether oxygens (including phenoxy) is 1. The second kappa shape index (κ2) is 7.83. The highest BCUT2D eigenvalue weighted by molar-refractivity contribution is 5.78. The Bertz CT molecular complexity index is 725. The van der Waals surface area contributed by atoms with E-state index >= 15 is 0 Å². The number of benzene rings is 1. The van der Waals surface area contributed by atoms with E-state index in [2.05, 4.69) is 14.9 Å². The van der Waals surface area contributed by atoms with Gasteiger partial charge in [-0.15, -0.1) is 0 Å². The minimum atomic E-state index is 0.0893. The summed E-state index contributed by atoms with van der Waals surface area (Å²) in [6.45, 7) is 3.13. The minimum Gasteiger partial charge on any atom is -0.367 e. The lowest BCUT2D eigenvalue weighted by molar-refractivity contribution is -0.140. The van der Waals surface area contributed by atoms with Crippen molar-refractivity contribution in [2.24, 2.45) is 5.92 Å². The number of hydrogen-bond acceptors (Lipinski definition) is 5. The number of piperidine rings is 1. The number of fused-ring (bicyclic) bond motifs is 4. The van der Waals surface area contributed by atoms with Gasteiger partial charge in [0.1, 0.15) is 6.61 Å². The summed E-state index contributed by atoms with van der Waals surface area (Å²) >= 11 is 0. The van der Waals surface area contributed by atoms with E-state index < -0.39 is 0 Å². The molecule has 136 valence electrons. The van der Waals surface area contributed by atoms with Crippen LogP contribution in [-0.2, 0) is 16.1 Å². The minimum absolute atomic E-state index is 0.0893. The van der Waals surface area contributed by atoms with Crippen molar-refractivity contribution in [3.63, 3.8) is 0 Å². The molecule has 1 aromatic heterocycles. The molecule has 1 aromatic carbocycles. The molecular weight excluding hydrogens is 328 g/mol. The maximum atomic E-state index is 12.7. The fraction of sp³-hybridized carbons (Fsp3) is 0.450. The van der Waals surface area contributed by atoms with E-state index in [1.165, 1.54) is 0 Å². The molecule has 3 fully saturated rings. The summed E-state index contributed by atoms with van der Waals surface area (Å²) in [7, 11) is 0. The fourth-order valence-corrected chi connectivity index (χ4v) is 3.92. The normalized spacial score (nSPS) is 22.3. The fourth-order valence-electron chi connectivity index (χ4n) is 3.92. The first-order chi connectivity index (χ1) is 12.8. The van der Waals surface area contributed by atoms with Crippen molar-refractivity contribution in [1.29, 1.82) is 0 Å². The molecule has 6 heteroatoms. The zero-order valence-electron chi connectivity index (χ0n) is 14.8. The van der Waals surface area contributed by atoms with Crippen LogP contribution >= 0.6 is 0 Å². The van der Waals surface area contributed by atoms with Gasteiger partial charge < -0.3 is 14.5 Å². The van der Waals surface area contributed by atoms with Crippen LogP contribution in [0.2, 0.25) is 0 Å². The molecule has 6 nitrogen and oxygen atoms in total. The Kier molecular flexibility index (Phi) is 5.11. The van der Waals surface area contributed by atoms with Crippen LogP contribution in [-0.4, -0.2) is 53.1 Å². The lowest BCUT2D eigenvalue weighted by Gasteiger charge is -2.36. The van der Waals surface area contributed by atoms with E-state index in [0.29, 0.717) is 12.5 Å². The molecule has 5 rings (SSSR count). The zero-order valence-corrected chi connectivity index (χ0v) is 14.8. The lowest BCUT2D eigenvalue weighted by Crippen LogP contribution is -2.48. The summed E-state index contributed by atoms with van der Waals surface area (Å²) in [5, 5.41) is 0.